The van der Waals surface area contributed by atoms with Gasteiger partial charge in [-0.25, -0.2) is 0 Å². The Morgan fingerprint density at radius 3 is 2.52 bits per heavy atom. The molecule has 0 amide bonds. The van der Waals surface area contributed by atoms with E-state index in [1.165, 1.54) is 6.07 Å². The fraction of sp³-hybridized carbons (Fsp3) is 0.304. The zero-order valence-electron chi connectivity index (χ0n) is 16.9. The summed E-state index contributed by atoms with van der Waals surface area (Å²) in [4.78, 5) is 4.25. The Hall–Kier alpha value is -2.64. The van der Waals surface area contributed by atoms with E-state index < -0.39 is 11.7 Å². The van der Waals surface area contributed by atoms with Crippen molar-refractivity contribution < 1.29 is 22.3 Å². The van der Waals surface area contributed by atoms with E-state index in [1.807, 2.05) is 41.3 Å². The van der Waals surface area contributed by atoms with E-state index in [0.29, 0.717) is 31.9 Å². The number of hydrogen-bond donors (Lipinski definition) is 0. The summed E-state index contributed by atoms with van der Waals surface area (Å²) in [6.07, 6.45) is -2.86. The zero-order valence-corrected chi connectivity index (χ0v) is 17.7. The minimum Gasteiger partial charge on any atom is -0.497 e. The Labute approximate surface area is 183 Å². The Kier molecular flexibility index (Phi) is 6.16. The molecule has 0 saturated carbocycles. The first-order chi connectivity index (χ1) is 14.8. The van der Waals surface area contributed by atoms with Crippen LogP contribution in [0.4, 0.5) is 18.9 Å². The quantitative estimate of drug-likeness (QED) is 0.475. The minimum absolute atomic E-state index is 0.0326. The van der Waals surface area contributed by atoms with Gasteiger partial charge in [-0.3, -0.25) is 4.90 Å². The van der Waals surface area contributed by atoms with Crippen LogP contribution in [0, 0.1) is 0 Å². The Balaban J connectivity index is 1.63. The van der Waals surface area contributed by atoms with E-state index in [2.05, 4.69) is 4.90 Å². The largest absolute Gasteiger partial charge is 0.497 e. The van der Waals surface area contributed by atoms with Crippen molar-refractivity contribution in [2.24, 2.45) is 0 Å². The SMILES string of the molecule is COc1ccc(C2CN(c3ccc(Cl)c(C(F)(F)F)c3)CCN2Cc2ccco2)cc1. The van der Waals surface area contributed by atoms with Crippen LogP contribution in [-0.2, 0) is 12.7 Å². The predicted octanol–water partition coefficient (Wildman–Crippen LogP) is 6.02. The number of hydrogen-bond acceptors (Lipinski definition) is 4. The number of furan rings is 1. The van der Waals surface area contributed by atoms with Gasteiger partial charge in [0.05, 0.1) is 36.5 Å². The summed E-state index contributed by atoms with van der Waals surface area (Å²) in [6.45, 7) is 2.41. The van der Waals surface area contributed by atoms with Crippen molar-refractivity contribution in [2.45, 2.75) is 18.8 Å². The number of nitrogens with zero attached hydrogens (tertiary/aromatic N) is 2. The van der Waals surface area contributed by atoms with E-state index in [0.717, 1.165) is 23.1 Å². The fourth-order valence-corrected chi connectivity index (χ4v) is 4.14. The van der Waals surface area contributed by atoms with Gasteiger partial charge in [-0.1, -0.05) is 23.7 Å². The summed E-state index contributed by atoms with van der Waals surface area (Å²) in [6, 6.07) is 15.6. The van der Waals surface area contributed by atoms with Crippen molar-refractivity contribution in [3.8, 4) is 5.75 Å². The molecule has 1 atom stereocenters. The molecule has 1 unspecified atom stereocenters. The van der Waals surface area contributed by atoms with E-state index in [-0.39, 0.29) is 11.1 Å². The number of benzene rings is 2. The molecule has 2 heterocycles. The molecule has 1 saturated heterocycles. The van der Waals surface area contributed by atoms with Crippen molar-refractivity contribution in [1.82, 2.24) is 4.90 Å². The number of anilines is 1. The molecular formula is C23H22ClF3N2O2. The summed E-state index contributed by atoms with van der Waals surface area (Å²) in [7, 11) is 1.61. The third-order valence-corrected chi connectivity index (χ3v) is 5.88. The van der Waals surface area contributed by atoms with E-state index in [1.54, 1.807) is 19.4 Å². The second kappa shape index (κ2) is 8.85. The molecule has 4 rings (SSSR count). The lowest BCUT2D eigenvalue weighted by molar-refractivity contribution is -0.137. The molecule has 1 fully saturated rings. The molecule has 31 heavy (non-hydrogen) atoms. The number of rotatable bonds is 5. The molecule has 3 aromatic rings. The van der Waals surface area contributed by atoms with Gasteiger partial charge in [-0.15, -0.1) is 0 Å². The van der Waals surface area contributed by atoms with Gasteiger partial charge < -0.3 is 14.1 Å². The van der Waals surface area contributed by atoms with E-state index in [9.17, 15) is 13.2 Å². The maximum atomic E-state index is 13.3. The first kappa shape index (κ1) is 21.6. The first-order valence-electron chi connectivity index (χ1n) is 9.87. The van der Waals surface area contributed by atoms with Crippen LogP contribution in [0.15, 0.2) is 65.3 Å². The van der Waals surface area contributed by atoms with Crippen molar-refractivity contribution in [3.05, 3.63) is 82.8 Å². The second-order valence-electron chi connectivity index (χ2n) is 7.45. The standard InChI is InChI=1S/C23H22ClF3N2O2/c1-30-18-7-4-16(5-8-18)22-15-28(10-11-29(22)14-19-3-2-12-31-19)17-6-9-21(24)20(13-17)23(25,26)27/h2-9,12-13,22H,10-11,14-15H2,1H3. The molecule has 0 radical (unpaired) electrons. The third-order valence-electron chi connectivity index (χ3n) is 5.55. The molecule has 1 aliphatic heterocycles. The molecule has 1 aromatic heterocycles. The van der Waals surface area contributed by atoms with Gasteiger partial charge in [0.15, 0.2) is 0 Å². The van der Waals surface area contributed by atoms with Crippen molar-refractivity contribution in [1.29, 1.82) is 0 Å². The number of piperazine rings is 1. The van der Waals surface area contributed by atoms with Crippen LogP contribution >= 0.6 is 11.6 Å². The lowest BCUT2D eigenvalue weighted by Crippen LogP contribution is -2.48. The molecule has 8 heteroatoms. The van der Waals surface area contributed by atoms with Gasteiger partial charge in [0.25, 0.3) is 0 Å². The zero-order chi connectivity index (χ0) is 22.0. The molecule has 4 nitrogen and oxygen atoms in total. The molecule has 164 valence electrons. The van der Waals surface area contributed by atoms with Gasteiger partial charge in [0, 0.05) is 25.3 Å². The van der Waals surface area contributed by atoms with Crippen LogP contribution in [0.25, 0.3) is 0 Å². The monoisotopic (exact) mass is 450 g/mol. The summed E-state index contributed by atoms with van der Waals surface area (Å²) >= 11 is 5.81. The highest BCUT2D eigenvalue weighted by molar-refractivity contribution is 6.31. The van der Waals surface area contributed by atoms with E-state index in [4.69, 9.17) is 20.8 Å². The molecule has 2 aromatic carbocycles. The number of ether oxygens (including phenoxy) is 1. The Morgan fingerprint density at radius 2 is 1.87 bits per heavy atom. The van der Waals surface area contributed by atoms with Gasteiger partial charge in [0.2, 0.25) is 0 Å². The minimum atomic E-state index is -4.50. The molecule has 0 N–H and O–H groups in total. The summed E-state index contributed by atoms with van der Waals surface area (Å²) < 4.78 is 50.8. The molecule has 0 aliphatic carbocycles. The highest BCUT2D eigenvalue weighted by Crippen LogP contribution is 2.38. The van der Waals surface area contributed by atoms with Crippen molar-refractivity contribution >= 4 is 17.3 Å². The maximum absolute atomic E-state index is 13.3. The Morgan fingerprint density at radius 1 is 1.10 bits per heavy atom. The maximum Gasteiger partial charge on any atom is 0.417 e. The fourth-order valence-electron chi connectivity index (χ4n) is 3.92. The second-order valence-corrected chi connectivity index (χ2v) is 7.85. The Bertz CT molecular complexity index is 1010. The van der Waals surface area contributed by atoms with Crippen molar-refractivity contribution in [2.75, 3.05) is 31.6 Å². The predicted molar refractivity (Wildman–Crippen MR) is 114 cm³/mol. The van der Waals surface area contributed by atoms with Crippen LogP contribution in [-0.4, -0.2) is 31.6 Å². The van der Waals surface area contributed by atoms with Crippen LogP contribution in [0.1, 0.15) is 22.9 Å². The highest BCUT2D eigenvalue weighted by atomic mass is 35.5. The summed E-state index contributed by atoms with van der Waals surface area (Å²) in [5.74, 6) is 1.60. The average molecular weight is 451 g/mol. The van der Waals surface area contributed by atoms with Crippen LogP contribution in [0.2, 0.25) is 5.02 Å². The van der Waals surface area contributed by atoms with Gasteiger partial charge in [-0.05, 0) is 48.0 Å². The molecule has 1 aliphatic rings. The van der Waals surface area contributed by atoms with Crippen LogP contribution < -0.4 is 9.64 Å². The number of halogens is 4. The third kappa shape index (κ3) is 4.83. The average Bonchev–Trinajstić information content (AvgIpc) is 3.27. The molecule has 0 bridgehead atoms. The number of methoxy groups -OCH3 is 1. The highest BCUT2D eigenvalue weighted by Gasteiger charge is 2.35. The molecular weight excluding hydrogens is 429 g/mol. The van der Waals surface area contributed by atoms with Crippen LogP contribution in [0.3, 0.4) is 0 Å². The lowest BCUT2D eigenvalue weighted by atomic mass is 10.0. The molecule has 0 spiro atoms. The smallest absolute Gasteiger partial charge is 0.417 e. The first-order valence-corrected chi connectivity index (χ1v) is 10.2. The normalized spacial score (nSPS) is 17.7. The lowest BCUT2D eigenvalue weighted by Gasteiger charge is -2.42. The summed E-state index contributed by atoms with van der Waals surface area (Å²) in [5.41, 5.74) is 0.751. The topological polar surface area (TPSA) is 28.9 Å². The van der Waals surface area contributed by atoms with Gasteiger partial charge in [-0.2, -0.15) is 13.2 Å². The van der Waals surface area contributed by atoms with Crippen molar-refractivity contribution in [3.63, 3.8) is 0 Å². The van der Waals surface area contributed by atoms with Gasteiger partial charge in [0.1, 0.15) is 11.5 Å². The summed E-state index contributed by atoms with van der Waals surface area (Å²) in [5, 5.41) is -0.292. The number of alkyl halides is 3. The van der Waals surface area contributed by atoms with E-state index >= 15 is 0 Å². The van der Waals surface area contributed by atoms with Crippen LogP contribution in [0.5, 0.6) is 5.75 Å². The van der Waals surface area contributed by atoms with Gasteiger partial charge >= 0.3 is 6.18 Å².